The summed E-state index contributed by atoms with van der Waals surface area (Å²) in [6.45, 7) is 5.20. The molecule has 1 unspecified atom stereocenters. The van der Waals surface area contributed by atoms with Gasteiger partial charge in [-0.1, -0.05) is 6.92 Å². The van der Waals surface area contributed by atoms with Crippen molar-refractivity contribution in [3.63, 3.8) is 0 Å². The zero-order valence-electron chi connectivity index (χ0n) is 10.8. The van der Waals surface area contributed by atoms with E-state index in [0.717, 1.165) is 19.4 Å². The Morgan fingerprint density at radius 2 is 2.18 bits per heavy atom. The fraction of sp³-hybridized carbons (Fsp3) is 0.917. The van der Waals surface area contributed by atoms with Crippen molar-refractivity contribution in [2.45, 2.75) is 31.7 Å². The quantitative estimate of drug-likeness (QED) is 0.646. The summed E-state index contributed by atoms with van der Waals surface area (Å²) in [4.78, 5) is 13.4. The van der Waals surface area contributed by atoms with E-state index >= 15 is 0 Å². The van der Waals surface area contributed by atoms with Crippen molar-refractivity contribution in [3.05, 3.63) is 0 Å². The van der Waals surface area contributed by atoms with Gasteiger partial charge in [-0.15, -0.1) is 0 Å². The number of carboxylic acid groups (broad SMARTS) is 1. The van der Waals surface area contributed by atoms with Crippen LogP contribution in [0, 0.1) is 0 Å². The highest BCUT2D eigenvalue weighted by Gasteiger charge is 2.45. The molecule has 0 aromatic heterocycles. The molecule has 1 atom stereocenters. The summed E-state index contributed by atoms with van der Waals surface area (Å²) in [7, 11) is 1.64. The van der Waals surface area contributed by atoms with Gasteiger partial charge in [-0.25, -0.2) is 0 Å². The summed E-state index contributed by atoms with van der Waals surface area (Å²) in [5.74, 6) is -0.700. The molecule has 1 heterocycles. The van der Waals surface area contributed by atoms with Gasteiger partial charge in [0.1, 0.15) is 5.54 Å². The molecule has 0 bridgehead atoms. The number of likely N-dealkylation sites (tertiary alicyclic amines) is 1. The number of carboxylic acids is 1. The van der Waals surface area contributed by atoms with Crippen LogP contribution in [0.15, 0.2) is 0 Å². The highest BCUT2D eigenvalue weighted by atomic mass is 16.5. The van der Waals surface area contributed by atoms with Gasteiger partial charge in [0.25, 0.3) is 0 Å². The van der Waals surface area contributed by atoms with E-state index in [1.165, 1.54) is 0 Å². The van der Waals surface area contributed by atoms with Crippen LogP contribution >= 0.6 is 0 Å². The van der Waals surface area contributed by atoms with Gasteiger partial charge in [0.2, 0.25) is 0 Å². The number of rotatable bonds is 8. The molecule has 1 aliphatic heterocycles. The number of methoxy groups -OCH3 is 1. The van der Waals surface area contributed by atoms with Crippen molar-refractivity contribution < 1.29 is 19.4 Å². The Morgan fingerprint density at radius 3 is 2.76 bits per heavy atom. The van der Waals surface area contributed by atoms with Crippen LogP contribution in [0.4, 0.5) is 0 Å². The maximum Gasteiger partial charge on any atom is 0.324 e. The SMILES string of the molecule is CCC1(C(=O)O)CCCN1CCOCCOC. The van der Waals surface area contributed by atoms with Crippen LogP contribution in [0.1, 0.15) is 26.2 Å². The molecule has 5 nitrogen and oxygen atoms in total. The fourth-order valence-electron chi connectivity index (χ4n) is 2.47. The first-order valence-corrected chi connectivity index (χ1v) is 6.22. The van der Waals surface area contributed by atoms with Crippen LogP contribution in [0.5, 0.6) is 0 Å². The Kier molecular flexibility index (Phi) is 5.88. The van der Waals surface area contributed by atoms with Crippen molar-refractivity contribution in [1.82, 2.24) is 4.90 Å². The van der Waals surface area contributed by atoms with E-state index in [-0.39, 0.29) is 0 Å². The molecular weight excluding hydrogens is 222 g/mol. The molecular formula is C12H23NO4. The molecule has 0 spiro atoms. The number of ether oxygens (including phenoxy) is 2. The molecule has 1 aliphatic rings. The molecule has 0 amide bonds. The second kappa shape index (κ2) is 6.93. The molecule has 0 radical (unpaired) electrons. The number of hydrogen-bond donors (Lipinski definition) is 1. The zero-order chi connectivity index (χ0) is 12.7. The largest absolute Gasteiger partial charge is 0.480 e. The van der Waals surface area contributed by atoms with Crippen molar-refractivity contribution >= 4 is 5.97 Å². The number of nitrogens with zero attached hydrogens (tertiary/aromatic N) is 1. The molecule has 17 heavy (non-hydrogen) atoms. The minimum absolute atomic E-state index is 0.566. The van der Waals surface area contributed by atoms with Crippen molar-refractivity contribution in [2.75, 3.05) is 40.0 Å². The van der Waals surface area contributed by atoms with Crippen LogP contribution in [0.25, 0.3) is 0 Å². The van der Waals surface area contributed by atoms with Crippen LogP contribution in [0.3, 0.4) is 0 Å². The maximum atomic E-state index is 11.4. The Labute approximate surface area is 103 Å². The molecule has 0 aromatic rings. The normalized spacial score (nSPS) is 25.3. The molecule has 1 saturated heterocycles. The van der Waals surface area contributed by atoms with E-state index in [1.54, 1.807) is 7.11 Å². The molecule has 5 heteroatoms. The van der Waals surface area contributed by atoms with E-state index < -0.39 is 11.5 Å². The fourth-order valence-corrected chi connectivity index (χ4v) is 2.47. The molecule has 100 valence electrons. The molecule has 0 aliphatic carbocycles. The summed E-state index contributed by atoms with van der Waals surface area (Å²) in [5, 5.41) is 9.37. The Hall–Kier alpha value is -0.650. The first kappa shape index (κ1) is 14.4. The highest BCUT2D eigenvalue weighted by Crippen LogP contribution is 2.32. The van der Waals surface area contributed by atoms with Gasteiger partial charge in [0.05, 0.1) is 19.8 Å². The van der Waals surface area contributed by atoms with E-state index in [2.05, 4.69) is 0 Å². The topological polar surface area (TPSA) is 59.0 Å². The number of hydrogen-bond acceptors (Lipinski definition) is 4. The van der Waals surface area contributed by atoms with Crippen LogP contribution < -0.4 is 0 Å². The van der Waals surface area contributed by atoms with Crippen LogP contribution in [0.2, 0.25) is 0 Å². The van der Waals surface area contributed by atoms with Crippen molar-refractivity contribution in [1.29, 1.82) is 0 Å². The molecule has 0 saturated carbocycles. The lowest BCUT2D eigenvalue weighted by Gasteiger charge is -2.33. The first-order valence-electron chi connectivity index (χ1n) is 6.22. The van der Waals surface area contributed by atoms with Crippen molar-refractivity contribution in [3.8, 4) is 0 Å². The van der Waals surface area contributed by atoms with E-state index in [1.807, 2.05) is 11.8 Å². The summed E-state index contributed by atoms with van der Waals surface area (Å²) in [6.07, 6.45) is 2.36. The van der Waals surface area contributed by atoms with Crippen LogP contribution in [-0.2, 0) is 14.3 Å². The number of aliphatic carboxylic acids is 1. The minimum Gasteiger partial charge on any atom is -0.480 e. The summed E-state index contributed by atoms with van der Waals surface area (Å²) in [5.41, 5.74) is -0.662. The average Bonchev–Trinajstić information content (AvgIpc) is 2.73. The van der Waals surface area contributed by atoms with Gasteiger partial charge in [-0.3, -0.25) is 9.69 Å². The van der Waals surface area contributed by atoms with Gasteiger partial charge < -0.3 is 14.6 Å². The summed E-state index contributed by atoms with van der Waals surface area (Å²) < 4.78 is 10.3. The Morgan fingerprint density at radius 1 is 1.41 bits per heavy atom. The summed E-state index contributed by atoms with van der Waals surface area (Å²) in [6, 6.07) is 0. The molecule has 1 N–H and O–H groups in total. The molecule has 1 rings (SSSR count). The van der Waals surface area contributed by atoms with Gasteiger partial charge in [0, 0.05) is 13.7 Å². The average molecular weight is 245 g/mol. The second-order valence-corrected chi connectivity index (χ2v) is 4.39. The Balaban J connectivity index is 2.38. The van der Waals surface area contributed by atoms with E-state index in [0.29, 0.717) is 32.8 Å². The lowest BCUT2D eigenvalue weighted by molar-refractivity contribution is -0.150. The third kappa shape index (κ3) is 3.40. The predicted molar refractivity (Wildman–Crippen MR) is 64.2 cm³/mol. The third-order valence-corrected chi connectivity index (χ3v) is 3.54. The predicted octanol–water partition coefficient (Wildman–Crippen LogP) is 0.979. The third-order valence-electron chi connectivity index (χ3n) is 3.54. The lowest BCUT2D eigenvalue weighted by atomic mass is 9.93. The molecule has 1 fully saturated rings. The molecule has 0 aromatic carbocycles. The lowest BCUT2D eigenvalue weighted by Crippen LogP contribution is -2.51. The van der Waals surface area contributed by atoms with Gasteiger partial charge >= 0.3 is 5.97 Å². The smallest absolute Gasteiger partial charge is 0.324 e. The Bertz CT molecular complexity index is 247. The number of carbonyl (C=O) groups is 1. The highest BCUT2D eigenvalue weighted by molar-refractivity contribution is 5.79. The van der Waals surface area contributed by atoms with Gasteiger partial charge in [-0.2, -0.15) is 0 Å². The van der Waals surface area contributed by atoms with Gasteiger partial charge in [0.15, 0.2) is 0 Å². The maximum absolute atomic E-state index is 11.4. The van der Waals surface area contributed by atoms with Gasteiger partial charge in [-0.05, 0) is 25.8 Å². The monoisotopic (exact) mass is 245 g/mol. The summed E-state index contributed by atoms with van der Waals surface area (Å²) >= 11 is 0. The first-order chi connectivity index (χ1) is 8.17. The van der Waals surface area contributed by atoms with Crippen LogP contribution in [-0.4, -0.2) is 61.5 Å². The zero-order valence-corrected chi connectivity index (χ0v) is 10.8. The van der Waals surface area contributed by atoms with E-state index in [9.17, 15) is 9.90 Å². The second-order valence-electron chi connectivity index (χ2n) is 4.39. The van der Waals surface area contributed by atoms with Crippen molar-refractivity contribution in [2.24, 2.45) is 0 Å². The van der Waals surface area contributed by atoms with E-state index in [4.69, 9.17) is 9.47 Å². The standard InChI is InChI=1S/C12H23NO4/c1-3-12(11(14)15)5-4-6-13(12)7-8-17-10-9-16-2/h3-10H2,1-2H3,(H,14,15). The minimum atomic E-state index is -0.700.